The smallest absolute Gasteiger partial charge is 0.315 e. The van der Waals surface area contributed by atoms with E-state index in [0.29, 0.717) is 19.4 Å². The summed E-state index contributed by atoms with van der Waals surface area (Å²) in [5, 5.41) is 9.84. The third-order valence-electron chi connectivity index (χ3n) is 9.11. The minimum Gasteiger partial charge on any atom is -0.338 e. The van der Waals surface area contributed by atoms with Crippen LogP contribution in [0.4, 0.5) is 4.79 Å². The van der Waals surface area contributed by atoms with Crippen LogP contribution in [0.1, 0.15) is 37.3 Å². The average molecular weight is 663 g/mol. The third kappa shape index (κ3) is 7.69. The van der Waals surface area contributed by atoms with Crippen molar-refractivity contribution in [3.63, 3.8) is 0 Å². The zero-order chi connectivity index (χ0) is 33.5. The van der Waals surface area contributed by atoms with E-state index in [4.69, 9.17) is 0 Å². The summed E-state index contributed by atoms with van der Waals surface area (Å²) < 4.78 is 29.7. The molecule has 1 aliphatic heterocycles. The van der Waals surface area contributed by atoms with Crippen molar-refractivity contribution >= 4 is 43.5 Å². The van der Waals surface area contributed by atoms with Gasteiger partial charge in [-0.2, -0.15) is 4.31 Å². The highest BCUT2D eigenvalue weighted by Gasteiger charge is 2.39. The molecule has 2 atom stereocenters. The van der Waals surface area contributed by atoms with E-state index in [9.17, 15) is 18.0 Å². The van der Waals surface area contributed by atoms with Gasteiger partial charge in [-0.15, -0.1) is 0 Å². The quantitative estimate of drug-likeness (QED) is 0.169. The molecule has 48 heavy (non-hydrogen) atoms. The standard InChI is InChI=1S/C39H42N4O4S/c1-2-3-17-35-28-42(22-23-43(35)48(46,47)36-21-20-32-14-8-10-16-34(32)26-36)38(44)37(41-39(45)40-27-29-11-5-4-6-12-29)25-30-18-19-31-13-7-9-15-33(31)24-30/h4-16,18-21,24,26,35,37H,2-3,17,22-23,25,27-28H2,1H3,(H2,40,41,45)/t35?,37-/m0/s1. The first kappa shape index (κ1) is 33.2. The number of hydrogen-bond acceptors (Lipinski definition) is 4. The summed E-state index contributed by atoms with van der Waals surface area (Å²) in [5.41, 5.74) is 1.88. The molecule has 5 aromatic rings. The summed E-state index contributed by atoms with van der Waals surface area (Å²) in [6.45, 7) is 3.07. The highest BCUT2D eigenvalue weighted by atomic mass is 32.2. The Morgan fingerprint density at radius 1 is 0.771 bits per heavy atom. The molecule has 1 fully saturated rings. The molecular formula is C39H42N4O4S. The number of amides is 3. The largest absolute Gasteiger partial charge is 0.338 e. The second-order valence-electron chi connectivity index (χ2n) is 12.5. The van der Waals surface area contributed by atoms with Crippen molar-refractivity contribution in [2.24, 2.45) is 0 Å². The number of nitrogens with zero attached hydrogens (tertiary/aromatic N) is 2. The summed E-state index contributed by atoms with van der Waals surface area (Å²) in [5.74, 6) is -0.220. The Kier molecular flexibility index (Phi) is 10.4. The van der Waals surface area contributed by atoms with Crippen LogP contribution in [0.5, 0.6) is 0 Å². The molecule has 3 amide bonds. The number of sulfonamides is 1. The fourth-order valence-corrected chi connectivity index (χ4v) is 8.18. The molecule has 1 saturated heterocycles. The predicted molar refractivity (Wildman–Crippen MR) is 191 cm³/mol. The molecule has 0 radical (unpaired) electrons. The number of carbonyl (C=O) groups is 2. The molecular weight excluding hydrogens is 621 g/mol. The van der Waals surface area contributed by atoms with Crippen LogP contribution < -0.4 is 10.6 Å². The number of carbonyl (C=O) groups excluding carboxylic acids is 2. The molecule has 1 unspecified atom stereocenters. The molecule has 0 bridgehead atoms. The predicted octanol–water partition coefficient (Wildman–Crippen LogP) is 6.50. The van der Waals surface area contributed by atoms with Gasteiger partial charge in [0.1, 0.15) is 6.04 Å². The van der Waals surface area contributed by atoms with Crippen LogP contribution in [0.25, 0.3) is 21.5 Å². The SMILES string of the molecule is CCCCC1CN(C(=O)[C@H](Cc2ccc3ccccc3c2)NC(=O)NCc2ccccc2)CCN1S(=O)(=O)c1ccc2ccccc2c1. The molecule has 1 heterocycles. The van der Waals surface area contributed by atoms with Gasteiger partial charge in [-0.05, 0) is 51.2 Å². The Hall–Kier alpha value is -4.73. The highest BCUT2D eigenvalue weighted by Crippen LogP contribution is 2.27. The fraction of sp³-hybridized carbons (Fsp3) is 0.282. The van der Waals surface area contributed by atoms with E-state index >= 15 is 0 Å². The number of rotatable bonds is 11. The molecule has 5 aromatic carbocycles. The van der Waals surface area contributed by atoms with Crippen molar-refractivity contribution in [1.82, 2.24) is 19.8 Å². The van der Waals surface area contributed by atoms with Gasteiger partial charge in [-0.1, -0.05) is 123 Å². The molecule has 0 aliphatic carbocycles. The maximum absolute atomic E-state index is 14.3. The van der Waals surface area contributed by atoms with Crippen molar-refractivity contribution in [3.05, 3.63) is 126 Å². The van der Waals surface area contributed by atoms with E-state index in [1.54, 1.807) is 21.3 Å². The minimum atomic E-state index is -3.81. The summed E-state index contributed by atoms with van der Waals surface area (Å²) in [4.78, 5) is 29.4. The molecule has 6 rings (SSSR count). The van der Waals surface area contributed by atoms with Gasteiger partial charge in [-0.25, -0.2) is 13.2 Å². The lowest BCUT2D eigenvalue weighted by molar-refractivity contribution is -0.135. The number of nitrogens with one attached hydrogen (secondary N) is 2. The molecule has 2 N–H and O–H groups in total. The van der Waals surface area contributed by atoms with Gasteiger partial charge in [0.05, 0.1) is 4.90 Å². The second kappa shape index (κ2) is 15.0. The van der Waals surface area contributed by atoms with Crippen LogP contribution in [0.2, 0.25) is 0 Å². The van der Waals surface area contributed by atoms with Crippen LogP contribution in [0.3, 0.4) is 0 Å². The maximum atomic E-state index is 14.3. The number of benzene rings is 5. The Morgan fingerprint density at radius 2 is 1.42 bits per heavy atom. The van der Waals surface area contributed by atoms with E-state index in [1.807, 2.05) is 97.1 Å². The Labute approximate surface area is 282 Å². The lowest BCUT2D eigenvalue weighted by Gasteiger charge is -2.41. The van der Waals surface area contributed by atoms with E-state index in [-0.39, 0.29) is 36.5 Å². The zero-order valence-electron chi connectivity index (χ0n) is 27.2. The maximum Gasteiger partial charge on any atom is 0.315 e. The van der Waals surface area contributed by atoms with Crippen LogP contribution in [0.15, 0.2) is 120 Å². The molecule has 9 heteroatoms. The van der Waals surface area contributed by atoms with Crippen molar-refractivity contribution in [3.8, 4) is 0 Å². The van der Waals surface area contributed by atoms with Gasteiger partial charge in [-0.3, -0.25) is 4.79 Å². The number of piperazine rings is 1. The van der Waals surface area contributed by atoms with E-state index in [2.05, 4.69) is 23.6 Å². The highest BCUT2D eigenvalue weighted by molar-refractivity contribution is 7.89. The first-order valence-electron chi connectivity index (χ1n) is 16.7. The van der Waals surface area contributed by atoms with Gasteiger partial charge in [0.25, 0.3) is 0 Å². The molecule has 0 spiro atoms. The topological polar surface area (TPSA) is 98.8 Å². The second-order valence-corrected chi connectivity index (χ2v) is 14.3. The van der Waals surface area contributed by atoms with Crippen LogP contribution in [0, 0.1) is 0 Å². The number of unbranched alkanes of at least 4 members (excludes halogenated alkanes) is 1. The van der Waals surface area contributed by atoms with Crippen LogP contribution in [-0.4, -0.2) is 61.3 Å². The van der Waals surface area contributed by atoms with Gasteiger partial charge in [0, 0.05) is 38.6 Å². The minimum absolute atomic E-state index is 0.179. The molecule has 8 nitrogen and oxygen atoms in total. The van der Waals surface area contributed by atoms with Crippen molar-refractivity contribution in [2.75, 3.05) is 19.6 Å². The summed E-state index contributed by atoms with van der Waals surface area (Å²) in [6.07, 6.45) is 2.67. The zero-order valence-corrected chi connectivity index (χ0v) is 28.0. The summed E-state index contributed by atoms with van der Waals surface area (Å²) in [6, 6.07) is 35.0. The molecule has 0 saturated carbocycles. The van der Waals surface area contributed by atoms with Crippen molar-refractivity contribution in [2.45, 2.75) is 56.1 Å². The first-order chi connectivity index (χ1) is 23.3. The molecule has 1 aliphatic rings. The Morgan fingerprint density at radius 3 is 2.12 bits per heavy atom. The van der Waals surface area contributed by atoms with Crippen molar-refractivity contribution < 1.29 is 18.0 Å². The molecule has 248 valence electrons. The lowest BCUT2D eigenvalue weighted by atomic mass is 10.00. The van der Waals surface area contributed by atoms with Gasteiger partial charge in [0.15, 0.2) is 0 Å². The fourth-order valence-electron chi connectivity index (χ4n) is 6.50. The van der Waals surface area contributed by atoms with E-state index in [0.717, 1.165) is 45.5 Å². The monoisotopic (exact) mass is 662 g/mol. The lowest BCUT2D eigenvalue weighted by Crippen LogP contribution is -2.60. The van der Waals surface area contributed by atoms with Gasteiger partial charge < -0.3 is 15.5 Å². The summed E-state index contributed by atoms with van der Waals surface area (Å²) >= 11 is 0. The third-order valence-corrected chi connectivity index (χ3v) is 11.1. The molecule has 0 aromatic heterocycles. The van der Waals surface area contributed by atoms with Gasteiger partial charge >= 0.3 is 6.03 Å². The number of fused-ring (bicyclic) bond motifs is 2. The summed E-state index contributed by atoms with van der Waals surface area (Å²) in [7, 11) is -3.81. The van der Waals surface area contributed by atoms with E-state index < -0.39 is 22.1 Å². The normalized spacial score (nSPS) is 16.1. The van der Waals surface area contributed by atoms with Crippen LogP contribution in [-0.2, 0) is 27.8 Å². The van der Waals surface area contributed by atoms with Crippen LogP contribution >= 0.6 is 0 Å². The Balaban J connectivity index is 1.22. The number of urea groups is 1. The Bertz CT molecular complexity index is 2000. The number of hydrogen-bond donors (Lipinski definition) is 2. The van der Waals surface area contributed by atoms with E-state index in [1.165, 1.54) is 0 Å². The first-order valence-corrected chi connectivity index (χ1v) is 18.1. The van der Waals surface area contributed by atoms with Gasteiger partial charge in [0.2, 0.25) is 15.9 Å². The average Bonchev–Trinajstić information content (AvgIpc) is 3.12. The van der Waals surface area contributed by atoms with Crippen molar-refractivity contribution in [1.29, 1.82) is 0 Å².